The van der Waals surface area contributed by atoms with E-state index in [1.807, 2.05) is 24.3 Å². The van der Waals surface area contributed by atoms with E-state index in [0.717, 1.165) is 18.7 Å². The van der Waals surface area contributed by atoms with E-state index in [1.165, 1.54) is 24.3 Å². The number of hydrogen-bond acceptors (Lipinski definition) is 2. The molecule has 1 aliphatic rings. The minimum atomic E-state index is 0.0568. The second-order valence-electron chi connectivity index (χ2n) is 8.26. The van der Waals surface area contributed by atoms with Crippen molar-refractivity contribution in [3.63, 3.8) is 0 Å². The van der Waals surface area contributed by atoms with Gasteiger partial charge in [0.1, 0.15) is 32.2 Å². The van der Waals surface area contributed by atoms with E-state index in [1.54, 1.807) is 9.80 Å². The zero-order chi connectivity index (χ0) is 20.8. The van der Waals surface area contributed by atoms with Crippen LogP contribution in [-0.4, -0.2) is 59.8 Å². The molecule has 0 aromatic heterocycles. The molecule has 5 nitrogen and oxygen atoms in total. The van der Waals surface area contributed by atoms with Crippen molar-refractivity contribution in [1.29, 1.82) is 0 Å². The molecule has 2 aromatic rings. The van der Waals surface area contributed by atoms with Crippen molar-refractivity contribution >= 4 is 23.2 Å². The first-order valence-electron chi connectivity index (χ1n) is 10.4. The highest BCUT2D eigenvalue weighted by molar-refractivity contribution is 6.30. The fourth-order valence-electron chi connectivity index (χ4n) is 3.92. The molecule has 2 aromatic carbocycles. The minimum Gasteiger partial charge on any atom is -0.378 e. The summed E-state index contributed by atoms with van der Waals surface area (Å²) in [5.74, 6) is 0.0568. The highest BCUT2D eigenvalue weighted by Crippen LogP contribution is 2.16. The van der Waals surface area contributed by atoms with Crippen LogP contribution in [0.25, 0.3) is 0 Å². The molecule has 1 aliphatic heterocycles. The van der Waals surface area contributed by atoms with Crippen LogP contribution in [0.5, 0.6) is 0 Å². The molecule has 156 valence electrons. The largest absolute Gasteiger partial charge is 0.378 e. The normalized spacial score (nSPS) is 20.1. The van der Waals surface area contributed by atoms with Gasteiger partial charge >= 0.3 is 0 Å². The summed E-state index contributed by atoms with van der Waals surface area (Å²) >= 11 is 5.94. The highest BCUT2D eigenvalue weighted by Gasteiger charge is 2.29. The molecule has 29 heavy (non-hydrogen) atoms. The molecule has 1 amide bonds. The Kier molecular flexibility index (Phi) is 7.53. The van der Waals surface area contributed by atoms with Crippen LogP contribution in [0.15, 0.2) is 48.5 Å². The zero-order valence-electron chi connectivity index (χ0n) is 17.7. The van der Waals surface area contributed by atoms with Gasteiger partial charge in [-0.2, -0.15) is 0 Å². The number of carbonyl (C=O) groups is 1. The lowest BCUT2D eigenvalue weighted by Gasteiger charge is -2.33. The Bertz CT molecular complexity index is 784. The molecule has 0 aliphatic carbocycles. The van der Waals surface area contributed by atoms with Gasteiger partial charge in [-0.15, -0.1) is 0 Å². The molecular formula is C23H33ClN4O+2. The summed E-state index contributed by atoms with van der Waals surface area (Å²) in [5, 5.41) is 3.87. The molecule has 1 heterocycles. The van der Waals surface area contributed by atoms with Crippen LogP contribution < -0.4 is 20.0 Å². The molecule has 0 unspecified atom stereocenters. The summed E-state index contributed by atoms with van der Waals surface area (Å²) in [6.45, 7) is 5.24. The SMILES string of the molecule is CN(C)c1ccc([C@@H](CNC(=O)Cc2ccc(Cl)cc2)[NH+]2CC[NH+](C)CC2)cc1. The van der Waals surface area contributed by atoms with Crippen molar-refractivity contribution in [2.75, 3.05) is 58.8 Å². The molecule has 1 fully saturated rings. The van der Waals surface area contributed by atoms with E-state index in [-0.39, 0.29) is 11.9 Å². The Balaban J connectivity index is 1.67. The number of halogens is 1. The van der Waals surface area contributed by atoms with Crippen LogP contribution in [0, 0.1) is 0 Å². The third-order valence-electron chi connectivity index (χ3n) is 5.83. The van der Waals surface area contributed by atoms with E-state index < -0.39 is 0 Å². The van der Waals surface area contributed by atoms with Crippen LogP contribution in [0.1, 0.15) is 17.2 Å². The number of rotatable bonds is 7. The standard InChI is InChI=1S/C23H31ClN4O/c1-26(2)21-10-6-19(7-11-21)22(28-14-12-27(3)13-15-28)17-25-23(29)16-18-4-8-20(24)9-5-18/h4-11,22H,12-17H2,1-3H3,(H,25,29)/p+2/t22-/m1/s1. The lowest BCUT2D eigenvalue weighted by atomic mass is 10.0. The third kappa shape index (κ3) is 6.20. The number of piperazine rings is 1. The van der Waals surface area contributed by atoms with Crippen molar-refractivity contribution in [3.8, 4) is 0 Å². The molecule has 0 bridgehead atoms. The van der Waals surface area contributed by atoms with E-state index in [4.69, 9.17) is 11.6 Å². The van der Waals surface area contributed by atoms with Gasteiger partial charge in [-0.25, -0.2) is 0 Å². The first-order chi connectivity index (χ1) is 13.9. The van der Waals surface area contributed by atoms with Gasteiger partial charge in [-0.3, -0.25) is 4.79 Å². The van der Waals surface area contributed by atoms with Gasteiger partial charge in [0.25, 0.3) is 0 Å². The molecule has 0 radical (unpaired) electrons. The monoisotopic (exact) mass is 416 g/mol. The van der Waals surface area contributed by atoms with E-state index in [9.17, 15) is 4.79 Å². The first kappa shape index (κ1) is 21.6. The van der Waals surface area contributed by atoms with E-state index >= 15 is 0 Å². The highest BCUT2D eigenvalue weighted by atomic mass is 35.5. The molecule has 6 heteroatoms. The number of likely N-dealkylation sites (N-methyl/N-ethyl adjacent to an activating group) is 1. The molecule has 3 rings (SSSR count). The predicted octanol–water partition coefficient (Wildman–Crippen LogP) is 0.219. The third-order valence-corrected chi connectivity index (χ3v) is 6.08. The lowest BCUT2D eigenvalue weighted by molar-refractivity contribution is -1.02. The fourth-order valence-corrected chi connectivity index (χ4v) is 4.04. The summed E-state index contributed by atoms with van der Waals surface area (Å²) in [6.07, 6.45) is 0.381. The van der Waals surface area contributed by atoms with Gasteiger partial charge in [0.2, 0.25) is 5.91 Å². The number of anilines is 1. The minimum absolute atomic E-state index is 0.0568. The smallest absolute Gasteiger partial charge is 0.224 e. The van der Waals surface area contributed by atoms with Crippen molar-refractivity contribution in [1.82, 2.24) is 5.32 Å². The van der Waals surface area contributed by atoms with Crippen LogP contribution in [0.4, 0.5) is 5.69 Å². The van der Waals surface area contributed by atoms with E-state index in [0.29, 0.717) is 18.0 Å². The number of benzene rings is 2. The number of nitrogens with one attached hydrogen (secondary N) is 3. The van der Waals surface area contributed by atoms with Crippen molar-refractivity contribution < 1.29 is 14.6 Å². The molecule has 3 N–H and O–H groups in total. The van der Waals surface area contributed by atoms with Crippen LogP contribution in [0.3, 0.4) is 0 Å². The van der Waals surface area contributed by atoms with Gasteiger partial charge in [0.15, 0.2) is 0 Å². The van der Waals surface area contributed by atoms with Crippen molar-refractivity contribution in [2.24, 2.45) is 0 Å². The van der Waals surface area contributed by atoms with Crippen LogP contribution in [-0.2, 0) is 11.2 Å². The summed E-state index contributed by atoms with van der Waals surface area (Å²) in [7, 11) is 6.36. The molecular weight excluding hydrogens is 384 g/mol. The van der Waals surface area contributed by atoms with Gasteiger partial charge in [0, 0.05) is 30.4 Å². The zero-order valence-corrected chi connectivity index (χ0v) is 18.4. The second-order valence-corrected chi connectivity index (χ2v) is 8.70. The maximum atomic E-state index is 12.5. The predicted molar refractivity (Wildman–Crippen MR) is 119 cm³/mol. The summed E-state index contributed by atoms with van der Waals surface area (Å²) < 4.78 is 0. The van der Waals surface area contributed by atoms with Crippen molar-refractivity contribution in [3.05, 3.63) is 64.7 Å². The number of carbonyl (C=O) groups excluding carboxylic acids is 1. The number of quaternary nitrogens is 2. The Morgan fingerprint density at radius 1 is 1.03 bits per heavy atom. The molecule has 1 atom stereocenters. The average molecular weight is 417 g/mol. The molecule has 0 saturated carbocycles. The number of nitrogens with zero attached hydrogens (tertiary/aromatic N) is 1. The van der Waals surface area contributed by atoms with Crippen LogP contribution in [0.2, 0.25) is 5.02 Å². The fraction of sp³-hybridized carbons (Fsp3) is 0.435. The topological polar surface area (TPSA) is 41.2 Å². The maximum absolute atomic E-state index is 12.5. The Morgan fingerprint density at radius 2 is 1.66 bits per heavy atom. The Labute approximate surface area is 179 Å². The average Bonchev–Trinajstić information content (AvgIpc) is 2.71. The lowest BCUT2D eigenvalue weighted by Crippen LogP contribution is -3.27. The maximum Gasteiger partial charge on any atom is 0.224 e. The van der Waals surface area contributed by atoms with Gasteiger partial charge in [0.05, 0.1) is 20.0 Å². The number of amides is 1. The van der Waals surface area contributed by atoms with Gasteiger partial charge in [-0.1, -0.05) is 35.9 Å². The summed E-state index contributed by atoms with van der Waals surface area (Å²) in [6, 6.07) is 16.5. The molecule has 0 spiro atoms. The summed E-state index contributed by atoms with van der Waals surface area (Å²) in [5.41, 5.74) is 3.46. The molecule has 1 saturated heterocycles. The quantitative estimate of drug-likeness (QED) is 0.604. The van der Waals surface area contributed by atoms with Crippen molar-refractivity contribution in [2.45, 2.75) is 12.5 Å². The first-order valence-corrected chi connectivity index (χ1v) is 10.7. The van der Waals surface area contributed by atoms with Crippen LogP contribution >= 0.6 is 11.6 Å². The summed E-state index contributed by atoms with van der Waals surface area (Å²) in [4.78, 5) is 17.8. The second kappa shape index (κ2) is 10.1. The van der Waals surface area contributed by atoms with Gasteiger partial charge in [-0.05, 0) is 29.8 Å². The Morgan fingerprint density at radius 3 is 2.24 bits per heavy atom. The number of hydrogen-bond donors (Lipinski definition) is 3. The van der Waals surface area contributed by atoms with Gasteiger partial charge < -0.3 is 20.0 Å². The Hall–Kier alpha value is -2.08. The van der Waals surface area contributed by atoms with E-state index in [2.05, 4.69) is 55.6 Å².